The van der Waals surface area contributed by atoms with Crippen LogP contribution < -0.4 is 9.62 Å². The van der Waals surface area contributed by atoms with Gasteiger partial charge in [0, 0.05) is 18.1 Å². The van der Waals surface area contributed by atoms with Crippen LogP contribution in [0, 0.1) is 13.8 Å². The topological polar surface area (TPSA) is 86.8 Å². The van der Waals surface area contributed by atoms with E-state index in [1.165, 1.54) is 29.2 Å². The normalized spacial score (nSPS) is 12.1. The molecule has 0 saturated heterocycles. The van der Waals surface area contributed by atoms with Gasteiger partial charge in [0.05, 0.1) is 20.6 Å². The van der Waals surface area contributed by atoms with Gasteiger partial charge in [0.2, 0.25) is 11.8 Å². The summed E-state index contributed by atoms with van der Waals surface area (Å²) in [6.07, 6.45) is 1.69. The van der Waals surface area contributed by atoms with Crippen LogP contribution in [0.4, 0.5) is 5.69 Å². The number of carbonyl (C=O) groups excluding carboxylic acids is 2. The average molecular weight is 639 g/mol. The van der Waals surface area contributed by atoms with Crippen LogP contribution in [0.15, 0.2) is 65.6 Å². The van der Waals surface area contributed by atoms with Crippen LogP contribution in [0.5, 0.6) is 0 Å². The fourth-order valence-corrected chi connectivity index (χ4v) is 5.95. The zero-order valence-corrected chi connectivity index (χ0v) is 26.5. The number of amides is 2. The van der Waals surface area contributed by atoms with Gasteiger partial charge in [-0.05, 0) is 92.4 Å². The van der Waals surface area contributed by atoms with Gasteiger partial charge < -0.3 is 10.2 Å². The molecular weight excluding hydrogens is 605 g/mol. The van der Waals surface area contributed by atoms with Crippen molar-refractivity contribution < 1.29 is 18.0 Å². The Bertz CT molecular complexity index is 1500. The third-order valence-corrected chi connectivity index (χ3v) is 9.57. The molecule has 41 heavy (non-hydrogen) atoms. The number of unbranched alkanes of at least 4 members (excludes halogenated alkanes) is 1. The molecule has 3 aromatic rings. The summed E-state index contributed by atoms with van der Waals surface area (Å²) in [7, 11) is -4.19. The van der Waals surface area contributed by atoms with Gasteiger partial charge in [0.25, 0.3) is 10.0 Å². The number of sulfonamides is 1. The Balaban J connectivity index is 2.04. The zero-order chi connectivity index (χ0) is 30.3. The molecule has 0 aliphatic carbocycles. The average Bonchev–Trinajstić information content (AvgIpc) is 2.93. The lowest BCUT2D eigenvalue weighted by Crippen LogP contribution is -2.51. The molecule has 3 aromatic carbocycles. The first-order valence-corrected chi connectivity index (χ1v) is 15.8. The van der Waals surface area contributed by atoms with Gasteiger partial charge in [-0.15, -0.1) is 0 Å². The molecule has 0 heterocycles. The summed E-state index contributed by atoms with van der Waals surface area (Å²) in [6, 6.07) is 15.0. The number of aryl methyl sites for hydroxylation is 2. The Morgan fingerprint density at radius 2 is 1.59 bits per heavy atom. The van der Waals surface area contributed by atoms with Crippen LogP contribution in [0.25, 0.3) is 0 Å². The summed E-state index contributed by atoms with van der Waals surface area (Å²) in [5.41, 5.74) is 2.80. The van der Waals surface area contributed by atoms with Gasteiger partial charge >= 0.3 is 0 Å². The Morgan fingerprint density at radius 1 is 0.902 bits per heavy atom. The number of nitrogens with zero attached hydrogens (tertiary/aromatic N) is 2. The summed E-state index contributed by atoms with van der Waals surface area (Å²) in [5, 5.41) is 3.90. The summed E-state index contributed by atoms with van der Waals surface area (Å²) in [5.74, 6) is -0.907. The van der Waals surface area contributed by atoms with Gasteiger partial charge in [-0.25, -0.2) is 8.42 Å². The molecule has 0 saturated carbocycles. The molecule has 7 nitrogen and oxygen atoms in total. The SMILES string of the molecule is CCCCNC(=O)[C@@H](C)N(Cc1ccc(Cl)c(Cl)c1)C(=O)CN(c1ccc(C)c(C)c1)S(=O)(=O)c1ccc(Cl)cc1. The van der Waals surface area contributed by atoms with Crippen molar-refractivity contribution in [1.82, 2.24) is 10.2 Å². The van der Waals surface area contributed by atoms with Crippen LogP contribution >= 0.6 is 34.8 Å². The largest absolute Gasteiger partial charge is 0.354 e. The molecule has 11 heteroatoms. The molecule has 0 aliphatic heterocycles. The third kappa shape index (κ3) is 8.38. The fraction of sp³-hybridized carbons (Fsp3) is 0.333. The molecule has 1 atom stereocenters. The standard InChI is InChI=1S/C30H34Cl3N3O4S/c1-5-6-15-34-30(38)22(4)35(18-23-8-14-27(32)28(33)17-23)29(37)19-36(25-11-7-20(2)21(3)16-25)41(39,40)26-12-9-24(31)10-13-26/h7-14,16-17,22H,5-6,15,18-19H2,1-4H3,(H,34,38)/t22-/m1/s1. The smallest absolute Gasteiger partial charge is 0.264 e. The van der Waals surface area contributed by atoms with Gasteiger partial charge in [0.1, 0.15) is 12.6 Å². The second kappa shape index (κ2) is 14.4. The summed E-state index contributed by atoms with van der Waals surface area (Å²) >= 11 is 18.3. The molecule has 0 radical (unpaired) electrons. The highest BCUT2D eigenvalue weighted by Gasteiger charge is 2.32. The van der Waals surface area contributed by atoms with Crippen molar-refractivity contribution in [2.45, 2.75) is 58.0 Å². The minimum atomic E-state index is -4.19. The quantitative estimate of drug-likeness (QED) is 0.221. The molecule has 0 aliphatic rings. The van der Waals surface area contributed by atoms with Crippen molar-refractivity contribution in [2.75, 3.05) is 17.4 Å². The number of halogens is 3. The maximum absolute atomic E-state index is 14.0. The van der Waals surface area contributed by atoms with E-state index in [0.29, 0.717) is 32.9 Å². The highest BCUT2D eigenvalue weighted by molar-refractivity contribution is 7.92. The highest BCUT2D eigenvalue weighted by atomic mass is 35.5. The van der Waals surface area contributed by atoms with E-state index in [9.17, 15) is 18.0 Å². The fourth-order valence-electron chi connectivity index (χ4n) is 4.10. The van der Waals surface area contributed by atoms with E-state index in [2.05, 4.69) is 5.32 Å². The van der Waals surface area contributed by atoms with Crippen molar-refractivity contribution in [3.63, 3.8) is 0 Å². The molecule has 2 amide bonds. The predicted molar refractivity (Wildman–Crippen MR) is 166 cm³/mol. The first-order chi connectivity index (χ1) is 19.3. The molecule has 3 rings (SSSR count). The van der Waals surface area contributed by atoms with E-state index in [4.69, 9.17) is 34.8 Å². The lowest BCUT2D eigenvalue weighted by molar-refractivity contribution is -0.139. The van der Waals surface area contributed by atoms with Crippen LogP contribution in [-0.2, 0) is 26.2 Å². The van der Waals surface area contributed by atoms with Crippen molar-refractivity contribution in [3.05, 3.63) is 92.4 Å². The second-order valence-corrected chi connectivity index (χ2v) is 12.9. The maximum Gasteiger partial charge on any atom is 0.264 e. The van der Waals surface area contributed by atoms with Crippen LogP contribution in [0.2, 0.25) is 15.1 Å². The molecule has 220 valence electrons. The molecular formula is C30H34Cl3N3O4S. The van der Waals surface area contributed by atoms with Gasteiger partial charge in [-0.2, -0.15) is 0 Å². The maximum atomic E-state index is 14.0. The summed E-state index contributed by atoms with van der Waals surface area (Å²) < 4.78 is 28.9. The number of rotatable bonds is 12. The number of hydrogen-bond donors (Lipinski definition) is 1. The Morgan fingerprint density at radius 3 is 2.20 bits per heavy atom. The van der Waals surface area contributed by atoms with Crippen LogP contribution in [0.3, 0.4) is 0 Å². The molecule has 0 fully saturated rings. The molecule has 0 bridgehead atoms. The van der Waals surface area contributed by atoms with Crippen LogP contribution in [-0.4, -0.2) is 44.3 Å². The molecule has 0 aromatic heterocycles. The third-order valence-electron chi connectivity index (χ3n) is 6.79. The van der Waals surface area contributed by atoms with Crippen molar-refractivity contribution in [2.24, 2.45) is 0 Å². The highest BCUT2D eigenvalue weighted by Crippen LogP contribution is 2.28. The van der Waals surface area contributed by atoms with Gasteiger partial charge in [-0.3, -0.25) is 13.9 Å². The molecule has 1 N–H and O–H groups in total. The lowest BCUT2D eigenvalue weighted by Gasteiger charge is -2.32. The van der Waals surface area contributed by atoms with E-state index >= 15 is 0 Å². The molecule has 0 unspecified atom stereocenters. The monoisotopic (exact) mass is 637 g/mol. The molecule has 0 spiro atoms. The van der Waals surface area contributed by atoms with E-state index in [1.54, 1.807) is 43.3 Å². The second-order valence-electron chi connectivity index (χ2n) is 9.82. The van der Waals surface area contributed by atoms with Crippen LogP contribution in [0.1, 0.15) is 43.4 Å². The lowest BCUT2D eigenvalue weighted by atomic mass is 10.1. The number of carbonyl (C=O) groups is 2. The Labute approximate surface area is 257 Å². The van der Waals surface area contributed by atoms with E-state index in [-0.39, 0.29) is 17.3 Å². The van der Waals surface area contributed by atoms with Gasteiger partial charge in [0.15, 0.2) is 0 Å². The predicted octanol–water partition coefficient (Wildman–Crippen LogP) is 6.79. The minimum Gasteiger partial charge on any atom is -0.354 e. The first-order valence-electron chi connectivity index (χ1n) is 13.2. The Kier molecular flexibility index (Phi) is 11.5. The van der Waals surface area contributed by atoms with Gasteiger partial charge in [-0.1, -0.05) is 60.3 Å². The summed E-state index contributed by atoms with van der Waals surface area (Å²) in [4.78, 5) is 28.4. The number of benzene rings is 3. The van der Waals surface area contributed by atoms with E-state index in [0.717, 1.165) is 28.3 Å². The first kappa shape index (κ1) is 32.7. The van der Waals surface area contributed by atoms with E-state index in [1.807, 2.05) is 20.8 Å². The zero-order valence-electron chi connectivity index (χ0n) is 23.5. The number of hydrogen-bond acceptors (Lipinski definition) is 4. The number of nitrogens with one attached hydrogen (secondary N) is 1. The van der Waals surface area contributed by atoms with Crippen molar-refractivity contribution in [1.29, 1.82) is 0 Å². The van der Waals surface area contributed by atoms with Crippen molar-refractivity contribution in [3.8, 4) is 0 Å². The van der Waals surface area contributed by atoms with Crippen molar-refractivity contribution >= 4 is 62.3 Å². The van der Waals surface area contributed by atoms with E-state index < -0.39 is 28.5 Å². The summed E-state index contributed by atoms with van der Waals surface area (Å²) in [6.45, 7) is 7.35. The Hall–Kier alpha value is -2.78. The number of anilines is 1. The minimum absolute atomic E-state index is 0.0137.